The Morgan fingerprint density at radius 3 is 2.41 bits per heavy atom. The quantitative estimate of drug-likeness (QED) is 0.665. The molecule has 1 heterocycles. The average Bonchev–Trinajstić information content (AvgIpc) is 2.29. The number of hydrogen-bond acceptors (Lipinski definition) is 4. The van der Waals surface area contributed by atoms with Crippen molar-refractivity contribution >= 4 is 23.7 Å². The molecule has 2 aromatic rings. The first-order valence-electron chi connectivity index (χ1n) is 4.67. The molecule has 0 bridgehead atoms. The summed E-state index contributed by atoms with van der Waals surface area (Å²) in [7, 11) is 0. The molecule has 0 aliphatic heterocycles. The minimum absolute atomic E-state index is 0.0327. The van der Waals surface area contributed by atoms with E-state index < -0.39 is 5.56 Å². The van der Waals surface area contributed by atoms with Crippen molar-refractivity contribution < 1.29 is 4.39 Å². The van der Waals surface area contributed by atoms with E-state index in [0.717, 1.165) is 0 Å². The Hall–Kier alpha value is -2.15. The summed E-state index contributed by atoms with van der Waals surface area (Å²) in [5, 5.41) is 0. The third-order valence-corrected chi connectivity index (χ3v) is 2.55. The highest BCUT2D eigenvalue weighted by Gasteiger charge is 2.08. The molecule has 5 N–H and O–H groups in total. The van der Waals surface area contributed by atoms with Gasteiger partial charge < -0.3 is 11.5 Å². The first-order chi connectivity index (χ1) is 8.00. The lowest BCUT2D eigenvalue weighted by Crippen LogP contribution is -2.20. The Bertz CT molecular complexity index is 674. The number of hydrogen-bond donors (Lipinski definition) is 3. The zero-order valence-corrected chi connectivity index (χ0v) is 9.42. The van der Waals surface area contributed by atoms with Gasteiger partial charge in [0.15, 0.2) is 4.77 Å². The molecule has 0 atom stereocenters. The van der Waals surface area contributed by atoms with Gasteiger partial charge in [0.2, 0.25) is 0 Å². The zero-order valence-electron chi connectivity index (χ0n) is 8.61. The van der Waals surface area contributed by atoms with Gasteiger partial charge in [-0.1, -0.05) is 0 Å². The van der Waals surface area contributed by atoms with Gasteiger partial charge in [0.25, 0.3) is 5.56 Å². The molecule has 17 heavy (non-hydrogen) atoms. The SMILES string of the molecule is Nc1c(N)n(-c2ccc(F)cc2)c(=S)[nH]c1=O. The van der Waals surface area contributed by atoms with Gasteiger partial charge in [-0.2, -0.15) is 0 Å². The molecule has 0 saturated heterocycles. The van der Waals surface area contributed by atoms with E-state index in [9.17, 15) is 9.18 Å². The van der Waals surface area contributed by atoms with Crippen molar-refractivity contribution in [2.45, 2.75) is 0 Å². The highest BCUT2D eigenvalue weighted by molar-refractivity contribution is 7.71. The zero-order chi connectivity index (χ0) is 12.6. The van der Waals surface area contributed by atoms with Crippen molar-refractivity contribution in [3.05, 3.63) is 45.2 Å². The fraction of sp³-hybridized carbons (Fsp3) is 0. The number of H-pyrrole nitrogens is 1. The molecule has 0 spiro atoms. The second-order valence-corrected chi connectivity index (χ2v) is 3.76. The lowest BCUT2D eigenvalue weighted by molar-refractivity contribution is 0.627. The first-order valence-corrected chi connectivity index (χ1v) is 5.08. The summed E-state index contributed by atoms with van der Waals surface area (Å²) in [5.41, 5.74) is 11.1. The van der Waals surface area contributed by atoms with Crippen molar-refractivity contribution in [2.75, 3.05) is 11.5 Å². The van der Waals surface area contributed by atoms with Gasteiger partial charge in [0.05, 0.1) is 5.69 Å². The fourth-order valence-electron chi connectivity index (χ4n) is 1.41. The Balaban J connectivity index is 2.76. The third-order valence-electron chi connectivity index (χ3n) is 2.27. The van der Waals surface area contributed by atoms with Crippen LogP contribution in [0.5, 0.6) is 0 Å². The summed E-state index contributed by atoms with van der Waals surface area (Å²) in [6, 6.07) is 5.49. The normalized spacial score (nSPS) is 10.4. The second-order valence-electron chi connectivity index (χ2n) is 3.37. The molecule has 1 aromatic heterocycles. The van der Waals surface area contributed by atoms with Crippen LogP contribution in [0.15, 0.2) is 29.1 Å². The Kier molecular flexibility index (Phi) is 2.68. The topological polar surface area (TPSA) is 89.8 Å². The van der Waals surface area contributed by atoms with Crippen LogP contribution in [0, 0.1) is 10.6 Å². The lowest BCUT2D eigenvalue weighted by atomic mass is 10.3. The smallest absolute Gasteiger partial charge is 0.277 e. The molecule has 7 heteroatoms. The van der Waals surface area contributed by atoms with Gasteiger partial charge >= 0.3 is 0 Å². The molecule has 0 unspecified atom stereocenters. The van der Waals surface area contributed by atoms with E-state index in [1.807, 2.05) is 0 Å². The van der Waals surface area contributed by atoms with Gasteiger partial charge in [0.1, 0.15) is 17.3 Å². The van der Waals surface area contributed by atoms with E-state index in [-0.39, 0.29) is 22.1 Å². The second kappa shape index (κ2) is 4.02. The van der Waals surface area contributed by atoms with Crippen LogP contribution >= 0.6 is 12.2 Å². The van der Waals surface area contributed by atoms with E-state index >= 15 is 0 Å². The monoisotopic (exact) mass is 252 g/mol. The lowest BCUT2D eigenvalue weighted by Gasteiger charge is -2.11. The molecule has 0 aliphatic rings. The van der Waals surface area contributed by atoms with E-state index in [2.05, 4.69) is 4.98 Å². The number of aromatic amines is 1. The molecule has 88 valence electrons. The molecule has 5 nitrogen and oxygen atoms in total. The van der Waals surface area contributed by atoms with Gasteiger partial charge in [-0.05, 0) is 36.5 Å². The fourth-order valence-corrected chi connectivity index (χ4v) is 1.71. The molecular formula is C10H9FN4OS. The number of benzene rings is 1. The van der Waals surface area contributed by atoms with E-state index in [1.165, 1.54) is 28.8 Å². The van der Waals surface area contributed by atoms with Crippen LogP contribution in [-0.2, 0) is 0 Å². The predicted octanol–water partition coefficient (Wildman–Crippen LogP) is 1.20. The summed E-state index contributed by atoms with van der Waals surface area (Å²) in [6.07, 6.45) is 0. The maximum Gasteiger partial charge on any atom is 0.277 e. The molecule has 0 radical (unpaired) electrons. The van der Waals surface area contributed by atoms with Crippen molar-refractivity contribution in [1.29, 1.82) is 0 Å². The van der Waals surface area contributed by atoms with E-state index in [0.29, 0.717) is 5.69 Å². The molecule has 1 aromatic carbocycles. The number of nitrogens with one attached hydrogen (secondary N) is 1. The van der Waals surface area contributed by atoms with Crippen LogP contribution in [-0.4, -0.2) is 9.55 Å². The molecule has 0 aliphatic carbocycles. The minimum Gasteiger partial charge on any atom is -0.391 e. The summed E-state index contributed by atoms with van der Waals surface area (Å²) in [6.45, 7) is 0. The molecule has 0 amide bonds. The number of nitrogens with two attached hydrogens (primary N) is 2. The van der Waals surface area contributed by atoms with Crippen LogP contribution in [0.3, 0.4) is 0 Å². The van der Waals surface area contributed by atoms with Gasteiger partial charge in [-0.25, -0.2) is 4.39 Å². The van der Waals surface area contributed by atoms with Crippen LogP contribution in [0.25, 0.3) is 5.69 Å². The number of nitrogen functional groups attached to an aromatic ring is 2. The maximum atomic E-state index is 12.8. The van der Waals surface area contributed by atoms with Crippen LogP contribution < -0.4 is 17.0 Å². The number of aromatic nitrogens is 2. The molecular weight excluding hydrogens is 243 g/mol. The summed E-state index contributed by atoms with van der Waals surface area (Å²) >= 11 is 4.98. The standard InChI is InChI=1S/C10H9FN4OS/c11-5-1-3-6(4-2-5)15-8(13)7(12)9(16)14-10(15)17/h1-4H,12-13H2,(H,14,16,17). The van der Waals surface area contributed by atoms with Gasteiger partial charge in [0, 0.05) is 0 Å². The van der Waals surface area contributed by atoms with E-state index in [1.54, 1.807) is 0 Å². The van der Waals surface area contributed by atoms with Crippen LogP contribution in [0.2, 0.25) is 0 Å². The third kappa shape index (κ3) is 1.92. The number of nitrogens with zero attached hydrogens (tertiary/aromatic N) is 1. The summed E-state index contributed by atoms with van der Waals surface area (Å²) in [4.78, 5) is 13.7. The van der Waals surface area contributed by atoms with Crippen molar-refractivity contribution in [3.63, 3.8) is 0 Å². The maximum absolute atomic E-state index is 12.8. The molecule has 0 fully saturated rings. The summed E-state index contributed by atoms with van der Waals surface area (Å²) < 4.78 is 14.3. The van der Waals surface area contributed by atoms with Crippen molar-refractivity contribution in [3.8, 4) is 5.69 Å². The first kappa shape index (κ1) is 11.3. The highest BCUT2D eigenvalue weighted by atomic mass is 32.1. The number of halogens is 1. The number of anilines is 2. The van der Waals surface area contributed by atoms with Gasteiger partial charge in [-0.15, -0.1) is 0 Å². The number of rotatable bonds is 1. The minimum atomic E-state index is -0.536. The average molecular weight is 252 g/mol. The van der Waals surface area contributed by atoms with Crippen LogP contribution in [0.1, 0.15) is 0 Å². The summed E-state index contributed by atoms with van der Waals surface area (Å²) in [5.74, 6) is -0.346. The van der Waals surface area contributed by atoms with E-state index in [4.69, 9.17) is 23.7 Å². The van der Waals surface area contributed by atoms with Crippen LogP contribution in [0.4, 0.5) is 15.9 Å². The largest absolute Gasteiger partial charge is 0.391 e. The highest BCUT2D eigenvalue weighted by Crippen LogP contribution is 2.16. The van der Waals surface area contributed by atoms with Crippen molar-refractivity contribution in [2.24, 2.45) is 0 Å². The Labute approximate surface area is 101 Å². The van der Waals surface area contributed by atoms with Gasteiger partial charge in [-0.3, -0.25) is 14.3 Å². The molecule has 2 rings (SSSR count). The molecule has 0 saturated carbocycles. The van der Waals surface area contributed by atoms with Crippen molar-refractivity contribution in [1.82, 2.24) is 9.55 Å². The predicted molar refractivity (Wildman–Crippen MR) is 66.0 cm³/mol. The Morgan fingerprint density at radius 2 is 1.82 bits per heavy atom. The Morgan fingerprint density at radius 1 is 1.24 bits per heavy atom.